The van der Waals surface area contributed by atoms with Crippen LogP contribution in [0.3, 0.4) is 0 Å². The molecule has 0 spiro atoms. The zero-order valence-corrected chi connectivity index (χ0v) is 12.2. The Labute approximate surface area is 124 Å². The summed E-state index contributed by atoms with van der Waals surface area (Å²) in [6.45, 7) is 0. The van der Waals surface area contributed by atoms with Gasteiger partial charge in [0.2, 0.25) is 0 Å². The van der Waals surface area contributed by atoms with Crippen molar-refractivity contribution in [1.29, 1.82) is 0 Å². The molecule has 0 heterocycles. The minimum absolute atomic E-state index is 0.0832. The van der Waals surface area contributed by atoms with Crippen LogP contribution in [-0.4, -0.2) is 18.5 Å². The summed E-state index contributed by atoms with van der Waals surface area (Å²) in [7, 11) is 1.55. The van der Waals surface area contributed by atoms with Gasteiger partial charge in [-0.15, -0.1) is 5.11 Å². The van der Waals surface area contributed by atoms with Crippen LogP contribution in [0.1, 0.15) is 10.4 Å². The minimum Gasteiger partial charge on any atom is -0.507 e. The second kappa shape index (κ2) is 6.29. The van der Waals surface area contributed by atoms with Gasteiger partial charge in [0.25, 0.3) is 0 Å². The third-order valence-electron chi connectivity index (χ3n) is 2.55. The maximum absolute atomic E-state index is 10.7. The van der Waals surface area contributed by atoms with Gasteiger partial charge in [-0.3, -0.25) is 4.79 Å². The zero-order valence-electron chi connectivity index (χ0n) is 10.6. The second-order valence-electron chi connectivity index (χ2n) is 3.88. The average molecular weight is 335 g/mol. The summed E-state index contributed by atoms with van der Waals surface area (Å²) in [4.78, 5) is 10.7. The monoisotopic (exact) mass is 334 g/mol. The van der Waals surface area contributed by atoms with Crippen molar-refractivity contribution in [3.05, 3.63) is 46.4 Å². The maximum atomic E-state index is 10.7. The molecule has 0 aliphatic rings. The Bertz CT molecular complexity index is 671. The molecule has 20 heavy (non-hydrogen) atoms. The number of aldehydes is 1. The summed E-state index contributed by atoms with van der Waals surface area (Å²) in [5, 5.41) is 17.5. The molecule has 1 N–H and O–H groups in total. The van der Waals surface area contributed by atoms with Gasteiger partial charge in [-0.1, -0.05) is 15.9 Å². The predicted molar refractivity (Wildman–Crippen MR) is 78.4 cm³/mol. The molecule has 0 radical (unpaired) electrons. The molecular formula is C14H11BrN2O3. The van der Waals surface area contributed by atoms with Crippen molar-refractivity contribution in [3.63, 3.8) is 0 Å². The number of nitrogens with zero attached hydrogens (tertiary/aromatic N) is 2. The van der Waals surface area contributed by atoms with E-state index in [-0.39, 0.29) is 11.3 Å². The molecule has 2 aromatic carbocycles. The molecule has 102 valence electrons. The maximum Gasteiger partial charge on any atom is 0.153 e. The van der Waals surface area contributed by atoms with E-state index in [1.807, 2.05) is 6.07 Å². The van der Waals surface area contributed by atoms with Crippen molar-refractivity contribution in [2.45, 2.75) is 0 Å². The average Bonchev–Trinajstić information content (AvgIpc) is 2.47. The number of hydrogen-bond donors (Lipinski definition) is 1. The number of rotatable bonds is 4. The van der Waals surface area contributed by atoms with Crippen LogP contribution in [0.25, 0.3) is 0 Å². The van der Waals surface area contributed by atoms with Crippen LogP contribution >= 0.6 is 15.9 Å². The quantitative estimate of drug-likeness (QED) is 0.665. The van der Waals surface area contributed by atoms with Crippen molar-refractivity contribution in [2.24, 2.45) is 10.2 Å². The van der Waals surface area contributed by atoms with Crippen LogP contribution in [0.5, 0.6) is 11.5 Å². The third kappa shape index (κ3) is 3.21. The fourth-order valence-electron chi connectivity index (χ4n) is 1.54. The highest BCUT2D eigenvalue weighted by Gasteiger charge is 2.04. The highest BCUT2D eigenvalue weighted by atomic mass is 79.9. The minimum atomic E-state index is -0.0832. The number of carbonyl (C=O) groups is 1. The first-order chi connectivity index (χ1) is 9.63. The molecule has 0 fully saturated rings. The largest absolute Gasteiger partial charge is 0.507 e. The van der Waals surface area contributed by atoms with E-state index in [2.05, 4.69) is 26.2 Å². The number of phenolic OH excluding ortho intramolecular Hbond substituents is 1. The van der Waals surface area contributed by atoms with Crippen LogP contribution in [-0.2, 0) is 0 Å². The lowest BCUT2D eigenvalue weighted by Crippen LogP contribution is -1.83. The molecule has 0 unspecified atom stereocenters. The number of phenols is 1. The van der Waals surface area contributed by atoms with Gasteiger partial charge in [-0.2, -0.15) is 5.11 Å². The SMILES string of the molecule is COc1cc(Br)ccc1N=Nc1ccc(O)c(C=O)c1. The summed E-state index contributed by atoms with van der Waals surface area (Å²) in [5.41, 5.74) is 1.20. The lowest BCUT2D eigenvalue weighted by Gasteiger charge is -2.03. The first-order valence-corrected chi connectivity index (χ1v) is 6.47. The smallest absolute Gasteiger partial charge is 0.153 e. The van der Waals surface area contributed by atoms with E-state index >= 15 is 0 Å². The van der Waals surface area contributed by atoms with Gasteiger partial charge in [0.1, 0.15) is 17.2 Å². The number of carbonyl (C=O) groups excluding carboxylic acids is 1. The zero-order chi connectivity index (χ0) is 14.5. The van der Waals surface area contributed by atoms with E-state index in [0.29, 0.717) is 23.4 Å². The first-order valence-electron chi connectivity index (χ1n) is 5.67. The van der Waals surface area contributed by atoms with Crippen LogP contribution in [0.4, 0.5) is 11.4 Å². The van der Waals surface area contributed by atoms with E-state index in [4.69, 9.17) is 4.74 Å². The molecule has 0 atom stereocenters. The Hall–Kier alpha value is -2.21. The lowest BCUT2D eigenvalue weighted by molar-refractivity contribution is 0.112. The van der Waals surface area contributed by atoms with Gasteiger partial charge < -0.3 is 9.84 Å². The molecule has 0 aromatic heterocycles. The molecule has 2 aromatic rings. The van der Waals surface area contributed by atoms with E-state index in [0.717, 1.165) is 4.47 Å². The van der Waals surface area contributed by atoms with Gasteiger partial charge in [-0.25, -0.2) is 0 Å². The van der Waals surface area contributed by atoms with Crippen molar-refractivity contribution >= 4 is 33.6 Å². The molecule has 6 heteroatoms. The van der Waals surface area contributed by atoms with Crippen LogP contribution in [0, 0.1) is 0 Å². The molecular weight excluding hydrogens is 324 g/mol. The third-order valence-corrected chi connectivity index (χ3v) is 3.05. The van der Waals surface area contributed by atoms with Crippen molar-refractivity contribution < 1.29 is 14.6 Å². The molecule has 5 nitrogen and oxygen atoms in total. The van der Waals surface area contributed by atoms with Gasteiger partial charge in [-0.05, 0) is 36.4 Å². The number of methoxy groups -OCH3 is 1. The van der Waals surface area contributed by atoms with Crippen LogP contribution < -0.4 is 4.74 Å². The Morgan fingerprint density at radius 1 is 1.20 bits per heavy atom. The topological polar surface area (TPSA) is 71.2 Å². The van der Waals surface area contributed by atoms with E-state index in [1.54, 1.807) is 25.3 Å². The van der Waals surface area contributed by atoms with Crippen molar-refractivity contribution in [1.82, 2.24) is 0 Å². The molecule has 2 rings (SSSR count). The summed E-state index contributed by atoms with van der Waals surface area (Å²) < 4.78 is 6.07. The fraction of sp³-hybridized carbons (Fsp3) is 0.0714. The summed E-state index contributed by atoms with van der Waals surface area (Å²) >= 11 is 3.34. The first kappa shape index (κ1) is 14.2. The number of benzene rings is 2. The van der Waals surface area contributed by atoms with Crippen LogP contribution in [0.15, 0.2) is 51.1 Å². The highest BCUT2D eigenvalue weighted by Crippen LogP contribution is 2.32. The Morgan fingerprint density at radius 2 is 2.00 bits per heavy atom. The number of halogens is 1. The number of hydrogen-bond acceptors (Lipinski definition) is 5. The summed E-state index contributed by atoms with van der Waals surface area (Å²) in [5.74, 6) is 0.498. The molecule has 0 bridgehead atoms. The van der Waals surface area contributed by atoms with E-state index < -0.39 is 0 Å². The van der Waals surface area contributed by atoms with Gasteiger partial charge in [0.05, 0.1) is 18.4 Å². The molecule has 0 aliphatic carbocycles. The number of ether oxygens (including phenoxy) is 1. The normalized spacial score (nSPS) is 10.7. The molecule has 0 aliphatic heterocycles. The number of aromatic hydroxyl groups is 1. The van der Waals surface area contributed by atoms with Crippen molar-refractivity contribution in [2.75, 3.05) is 7.11 Å². The van der Waals surface area contributed by atoms with E-state index in [1.165, 1.54) is 12.1 Å². The summed E-state index contributed by atoms with van der Waals surface area (Å²) in [6, 6.07) is 9.78. The fourth-order valence-corrected chi connectivity index (χ4v) is 1.88. The molecule has 0 saturated carbocycles. The van der Waals surface area contributed by atoms with Gasteiger partial charge >= 0.3 is 0 Å². The standard InChI is InChI=1S/C14H11BrN2O3/c1-20-14-7-10(15)2-4-12(14)17-16-11-3-5-13(19)9(6-11)8-18/h2-8,19H,1H3. The molecule has 0 saturated heterocycles. The van der Waals surface area contributed by atoms with Crippen LogP contribution in [0.2, 0.25) is 0 Å². The highest BCUT2D eigenvalue weighted by molar-refractivity contribution is 9.10. The lowest BCUT2D eigenvalue weighted by atomic mass is 10.2. The second-order valence-corrected chi connectivity index (χ2v) is 4.79. The Balaban J connectivity index is 2.32. The molecule has 0 amide bonds. The Morgan fingerprint density at radius 3 is 2.70 bits per heavy atom. The Kier molecular flexibility index (Phi) is 4.47. The van der Waals surface area contributed by atoms with E-state index in [9.17, 15) is 9.90 Å². The van der Waals surface area contributed by atoms with Gasteiger partial charge in [0.15, 0.2) is 6.29 Å². The number of azo groups is 1. The van der Waals surface area contributed by atoms with Crippen molar-refractivity contribution in [3.8, 4) is 11.5 Å². The van der Waals surface area contributed by atoms with Gasteiger partial charge in [0, 0.05) is 4.47 Å². The predicted octanol–water partition coefficient (Wildman–Crippen LogP) is 4.39. The summed E-state index contributed by atoms with van der Waals surface area (Å²) in [6.07, 6.45) is 0.564.